The maximum absolute atomic E-state index is 13.3. The lowest BCUT2D eigenvalue weighted by atomic mass is 9.84. The first-order valence-corrected chi connectivity index (χ1v) is 8.08. The Morgan fingerprint density at radius 2 is 1.95 bits per heavy atom. The Morgan fingerprint density at radius 1 is 1.30 bits per heavy atom. The first-order chi connectivity index (χ1) is 9.36. The summed E-state index contributed by atoms with van der Waals surface area (Å²) < 4.78 is 40.6. The number of sulfonamides is 1. The van der Waals surface area contributed by atoms with Gasteiger partial charge in [-0.1, -0.05) is 19.3 Å². The van der Waals surface area contributed by atoms with Crippen LogP contribution in [0.25, 0.3) is 0 Å². The van der Waals surface area contributed by atoms with E-state index in [1.54, 1.807) is 6.07 Å². The average molecular weight is 296 g/mol. The van der Waals surface area contributed by atoms with Gasteiger partial charge in [-0.3, -0.25) is 0 Å². The van der Waals surface area contributed by atoms with E-state index >= 15 is 0 Å². The van der Waals surface area contributed by atoms with Crippen LogP contribution in [0.2, 0.25) is 0 Å². The molecule has 4 nitrogen and oxygen atoms in total. The van der Waals surface area contributed by atoms with E-state index in [1.807, 2.05) is 6.92 Å². The van der Waals surface area contributed by atoms with Crippen LogP contribution in [-0.4, -0.2) is 14.0 Å². The zero-order valence-electron chi connectivity index (χ0n) is 11.3. The highest BCUT2D eigenvalue weighted by Gasteiger charge is 2.32. The van der Waals surface area contributed by atoms with Crippen molar-refractivity contribution in [2.45, 2.75) is 49.5 Å². The van der Waals surface area contributed by atoms with Crippen molar-refractivity contribution in [3.8, 4) is 6.07 Å². The van der Waals surface area contributed by atoms with E-state index < -0.39 is 21.4 Å². The van der Waals surface area contributed by atoms with Crippen molar-refractivity contribution in [1.29, 1.82) is 5.26 Å². The molecular formula is C14H17FN2O2S. The van der Waals surface area contributed by atoms with Gasteiger partial charge in [-0.05, 0) is 38.0 Å². The Balaban J connectivity index is 2.29. The van der Waals surface area contributed by atoms with Crippen LogP contribution in [0.5, 0.6) is 0 Å². The van der Waals surface area contributed by atoms with Crippen molar-refractivity contribution in [3.05, 3.63) is 29.6 Å². The molecule has 0 atom stereocenters. The van der Waals surface area contributed by atoms with Crippen molar-refractivity contribution in [3.63, 3.8) is 0 Å². The molecule has 0 aromatic heterocycles. The van der Waals surface area contributed by atoms with E-state index in [-0.39, 0.29) is 10.5 Å². The number of rotatable bonds is 3. The molecule has 0 unspecified atom stereocenters. The van der Waals surface area contributed by atoms with Gasteiger partial charge in [-0.15, -0.1) is 0 Å². The van der Waals surface area contributed by atoms with E-state index in [0.29, 0.717) is 0 Å². The van der Waals surface area contributed by atoms with Gasteiger partial charge in [-0.2, -0.15) is 5.26 Å². The molecule has 6 heteroatoms. The van der Waals surface area contributed by atoms with Crippen LogP contribution in [0.15, 0.2) is 23.1 Å². The van der Waals surface area contributed by atoms with E-state index in [1.165, 1.54) is 6.07 Å². The Kier molecular flexibility index (Phi) is 4.11. The van der Waals surface area contributed by atoms with Crippen LogP contribution in [0, 0.1) is 17.1 Å². The van der Waals surface area contributed by atoms with Gasteiger partial charge in [0.25, 0.3) is 0 Å². The number of nitrogens with zero attached hydrogens (tertiary/aromatic N) is 1. The summed E-state index contributed by atoms with van der Waals surface area (Å²) in [6.07, 6.45) is 4.68. The highest BCUT2D eigenvalue weighted by atomic mass is 32.2. The highest BCUT2D eigenvalue weighted by Crippen LogP contribution is 2.29. The Morgan fingerprint density at radius 3 is 2.55 bits per heavy atom. The van der Waals surface area contributed by atoms with Crippen LogP contribution in [0.1, 0.15) is 44.6 Å². The molecule has 1 fully saturated rings. The number of hydrogen-bond acceptors (Lipinski definition) is 3. The largest absolute Gasteiger partial charge is 0.241 e. The minimum atomic E-state index is -3.74. The molecule has 1 aromatic carbocycles. The van der Waals surface area contributed by atoms with Crippen molar-refractivity contribution >= 4 is 10.0 Å². The fourth-order valence-electron chi connectivity index (χ4n) is 2.57. The van der Waals surface area contributed by atoms with Crippen molar-refractivity contribution in [2.75, 3.05) is 0 Å². The summed E-state index contributed by atoms with van der Waals surface area (Å²) >= 11 is 0. The molecular weight excluding hydrogens is 279 g/mol. The average Bonchev–Trinajstić information content (AvgIpc) is 2.38. The van der Waals surface area contributed by atoms with Crippen molar-refractivity contribution < 1.29 is 12.8 Å². The molecule has 1 N–H and O–H groups in total. The Labute approximate surface area is 118 Å². The molecule has 2 rings (SSSR count). The lowest BCUT2D eigenvalue weighted by molar-refractivity contribution is 0.294. The second kappa shape index (κ2) is 5.51. The fourth-order valence-corrected chi connectivity index (χ4v) is 4.07. The molecule has 0 heterocycles. The standard InChI is InChI=1S/C14H17FN2O2S/c1-14(7-3-2-4-8-14)17-20(18,19)12-5-6-13(15)11(9-12)10-16/h5-6,9,17H,2-4,7-8H2,1H3. The van der Waals surface area contributed by atoms with Gasteiger partial charge in [0.2, 0.25) is 10.0 Å². The number of nitrogens with one attached hydrogen (secondary N) is 1. The van der Waals surface area contributed by atoms with Crippen molar-refractivity contribution in [1.82, 2.24) is 4.72 Å². The van der Waals surface area contributed by atoms with Gasteiger partial charge >= 0.3 is 0 Å². The number of hydrogen-bond donors (Lipinski definition) is 1. The normalized spacial score (nSPS) is 18.4. The third kappa shape index (κ3) is 3.17. The van der Waals surface area contributed by atoms with Gasteiger partial charge in [0.05, 0.1) is 10.5 Å². The molecule has 0 saturated heterocycles. The third-order valence-electron chi connectivity index (χ3n) is 3.71. The van der Waals surface area contributed by atoms with Gasteiger partial charge < -0.3 is 0 Å². The molecule has 1 aliphatic carbocycles. The predicted molar refractivity (Wildman–Crippen MR) is 72.9 cm³/mol. The molecule has 0 spiro atoms. The molecule has 1 aromatic rings. The summed E-state index contributed by atoms with van der Waals surface area (Å²) in [7, 11) is -3.74. The Hall–Kier alpha value is -1.45. The van der Waals surface area contributed by atoms with Gasteiger partial charge in [-0.25, -0.2) is 17.5 Å². The molecule has 0 aliphatic heterocycles. The van der Waals surface area contributed by atoms with E-state index in [9.17, 15) is 12.8 Å². The maximum Gasteiger partial charge on any atom is 0.241 e. The van der Waals surface area contributed by atoms with Crippen LogP contribution in [0.4, 0.5) is 4.39 Å². The first kappa shape index (κ1) is 14.9. The van der Waals surface area contributed by atoms with E-state index in [2.05, 4.69) is 4.72 Å². The molecule has 0 radical (unpaired) electrons. The summed E-state index contributed by atoms with van der Waals surface area (Å²) in [4.78, 5) is -0.0674. The highest BCUT2D eigenvalue weighted by molar-refractivity contribution is 7.89. The number of nitriles is 1. The fraction of sp³-hybridized carbons (Fsp3) is 0.500. The Bertz CT molecular complexity index is 644. The number of halogens is 1. The molecule has 0 amide bonds. The van der Waals surface area contributed by atoms with Crippen LogP contribution >= 0.6 is 0 Å². The summed E-state index contributed by atoms with van der Waals surface area (Å²) in [6.45, 7) is 1.89. The molecule has 1 saturated carbocycles. The smallest absolute Gasteiger partial charge is 0.207 e. The zero-order valence-corrected chi connectivity index (χ0v) is 12.1. The summed E-state index contributed by atoms with van der Waals surface area (Å²) in [5, 5.41) is 8.78. The van der Waals surface area contributed by atoms with Crippen molar-refractivity contribution in [2.24, 2.45) is 0 Å². The summed E-state index contributed by atoms with van der Waals surface area (Å²) in [5.74, 6) is -0.713. The quantitative estimate of drug-likeness (QED) is 0.932. The minimum Gasteiger partial charge on any atom is -0.207 e. The lowest BCUT2D eigenvalue weighted by Gasteiger charge is -2.34. The molecule has 1 aliphatic rings. The zero-order chi connectivity index (χ0) is 14.8. The monoisotopic (exact) mass is 296 g/mol. The van der Waals surface area contributed by atoms with Gasteiger partial charge in [0.1, 0.15) is 11.9 Å². The number of benzene rings is 1. The van der Waals surface area contributed by atoms with Gasteiger partial charge in [0.15, 0.2) is 0 Å². The SMILES string of the molecule is CC1(NS(=O)(=O)c2ccc(F)c(C#N)c2)CCCCC1. The van der Waals surface area contributed by atoms with Crippen LogP contribution in [0.3, 0.4) is 0 Å². The maximum atomic E-state index is 13.3. The predicted octanol–water partition coefficient (Wildman–Crippen LogP) is 2.70. The first-order valence-electron chi connectivity index (χ1n) is 6.60. The second-order valence-electron chi connectivity index (χ2n) is 5.48. The lowest BCUT2D eigenvalue weighted by Crippen LogP contribution is -2.47. The second-order valence-corrected chi connectivity index (χ2v) is 7.16. The van der Waals surface area contributed by atoms with E-state index in [0.717, 1.165) is 44.2 Å². The minimum absolute atomic E-state index is 0.0674. The third-order valence-corrected chi connectivity index (χ3v) is 5.34. The summed E-state index contributed by atoms with van der Waals surface area (Å²) in [6, 6.07) is 4.92. The summed E-state index contributed by atoms with van der Waals surface area (Å²) in [5.41, 5.74) is -0.722. The van der Waals surface area contributed by atoms with Gasteiger partial charge in [0, 0.05) is 5.54 Å². The van der Waals surface area contributed by atoms with Crippen LogP contribution in [-0.2, 0) is 10.0 Å². The topological polar surface area (TPSA) is 70.0 Å². The molecule has 20 heavy (non-hydrogen) atoms. The van der Waals surface area contributed by atoms with E-state index in [4.69, 9.17) is 5.26 Å². The molecule has 108 valence electrons. The molecule has 0 bridgehead atoms. The van der Waals surface area contributed by atoms with Crippen LogP contribution < -0.4 is 4.72 Å².